The van der Waals surface area contributed by atoms with Crippen molar-refractivity contribution in [2.75, 3.05) is 7.05 Å². The quantitative estimate of drug-likeness (QED) is 0.875. The van der Waals surface area contributed by atoms with Gasteiger partial charge in [0.15, 0.2) is 0 Å². The third kappa shape index (κ3) is 4.40. The lowest BCUT2D eigenvalue weighted by Crippen LogP contribution is -2.30. The average Bonchev–Trinajstić information content (AvgIpc) is 2.51. The Balaban J connectivity index is 2.03. The number of nitrogens with zero attached hydrogens (tertiary/aromatic N) is 1. The molecule has 0 amide bonds. The first-order valence-electron chi connectivity index (χ1n) is 7.79. The third-order valence-electron chi connectivity index (χ3n) is 4.21. The van der Waals surface area contributed by atoms with E-state index in [-0.39, 0.29) is 0 Å². The molecule has 2 rings (SSSR count). The van der Waals surface area contributed by atoms with Crippen molar-refractivity contribution < 1.29 is 0 Å². The summed E-state index contributed by atoms with van der Waals surface area (Å²) in [4.78, 5) is 4.57. The number of likely N-dealkylation sites (N-methyl/N-ethyl adjacent to an activating group) is 1. The number of hydrogen-bond donors (Lipinski definition) is 1. The van der Waals surface area contributed by atoms with E-state index in [2.05, 4.69) is 61.4 Å². The monoisotopic (exact) mass is 282 g/mol. The highest BCUT2D eigenvalue weighted by Crippen LogP contribution is 2.13. The van der Waals surface area contributed by atoms with E-state index in [4.69, 9.17) is 0 Å². The minimum atomic E-state index is 0.423. The molecule has 0 saturated carbocycles. The molecule has 2 heteroatoms. The van der Waals surface area contributed by atoms with Gasteiger partial charge in [0.05, 0.1) is 0 Å². The van der Waals surface area contributed by atoms with Gasteiger partial charge in [-0.2, -0.15) is 0 Å². The normalized spacial score (nSPS) is 12.4. The van der Waals surface area contributed by atoms with Crippen LogP contribution in [0.4, 0.5) is 0 Å². The zero-order valence-corrected chi connectivity index (χ0v) is 13.6. The van der Waals surface area contributed by atoms with E-state index in [1.165, 1.54) is 22.3 Å². The largest absolute Gasteiger partial charge is 0.316 e. The molecule has 1 aromatic carbocycles. The van der Waals surface area contributed by atoms with Crippen molar-refractivity contribution in [3.63, 3.8) is 0 Å². The van der Waals surface area contributed by atoms with E-state index >= 15 is 0 Å². The van der Waals surface area contributed by atoms with E-state index in [1.54, 1.807) is 0 Å². The van der Waals surface area contributed by atoms with Crippen LogP contribution in [0.25, 0.3) is 0 Å². The Morgan fingerprint density at radius 3 is 2.33 bits per heavy atom. The molecule has 0 saturated heterocycles. The molecule has 0 aliphatic rings. The van der Waals surface area contributed by atoms with Crippen LogP contribution >= 0.6 is 0 Å². The van der Waals surface area contributed by atoms with Gasteiger partial charge in [-0.1, -0.05) is 31.2 Å². The van der Waals surface area contributed by atoms with E-state index < -0.39 is 0 Å². The predicted octanol–water partition coefficient (Wildman–Crippen LogP) is 3.63. The first kappa shape index (κ1) is 15.7. The van der Waals surface area contributed by atoms with Crippen LogP contribution in [0.15, 0.2) is 36.5 Å². The summed E-state index contributed by atoms with van der Waals surface area (Å²) in [6.45, 7) is 6.50. The van der Waals surface area contributed by atoms with Crippen molar-refractivity contribution in [1.82, 2.24) is 10.3 Å². The number of benzene rings is 1. The van der Waals surface area contributed by atoms with Gasteiger partial charge in [-0.05, 0) is 62.1 Å². The molecular weight excluding hydrogens is 256 g/mol. The van der Waals surface area contributed by atoms with Crippen molar-refractivity contribution >= 4 is 0 Å². The highest BCUT2D eigenvalue weighted by atomic mass is 14.9. The molecule has 1 N–H and O–H groups in total. The molecule has 21 heavy (non-hydrogen) atoms. The second-order valence-electron chi connectivity index (χ2n) is 5.82. The van der Waals surface area contributed by atoms with E-state index in [0.29, 0.717) is 6.04 Å². The average molecular weight is 282 g/mol. The number of hydrogen-bond acceptors (Lipinski definition) is 2. The minimum absolute atomic E-state index is 0.423. The summed E-state index contributed by atoms with van der Waals surface area (Å²) in [7, 11) is 2.03. The molecule has 112 valence electrons. The fourth-order valence-electron chi connectivity index (χ4n) is 2.53. The SMILES string of the molecule is CCc1ccc(CC(Cc2ccc(C)c(C)c2)NC)nc1. The van der Waals surface area contributed by atoms with Crippen LogP contribution < -0.4 is 5.32 Å². The van der Waals surface area contributed by atoms with Gasteiger partial charge in [-0.25, -0.2) is 0 Å². The van der Waals surface area contributed by atoms with Gasteiger partial charge in [0.2, 0.25) is 0 Å². The lowest BCUT2D eigenvalue weighted by Gasteiger charge is -2.17. The van der Waals surface area contributed by atoms with Crippen LogP contribution in [0.2, 0.25) is 0 Å². The second-order valence-corrected chi connectivity index (χ2v) is 5.82. The summed E-state index contributed by atoms with van der Waals surface area (Å²) in [5, 5.41) is 3.42. The Hall–Kier alpha value is -1.67. The maximum atomic E-state index is 4.57. The standard InChI is InChI=1S/C19H26N2/c1-5-16-8-9-18(21-13-16)12-19(20-4)11-17-7-6-14(2)15(3)10-17/h6-10,13,19-20H,5,11-12H2,1-4H3. The number of aromatic nitrogens is 1. The molecule has 0 spiro atoms. The number of pyridine rings is 1. The van der Waals surface area contributed by atoms with Crippen molar-refractivity contribution in [2.45, 2.75) is 46.1 Å². The Morgan fingerprint density at radius 1 is 1.00 bits per heavy atom. The van der Waals surface area contributed by atoms with Crippen LogP contribution in [0.1, 0.15) is 34.9 Å². The molecule has 1 aromatic heterocycles. The third-order valence-corrected chi connectivity index (χ3v) is 4.21. The molecular formula is C19H26N2. The summed E-state index contributed by atoms with van der Waals surface area (Å²) in [5.74, 6) is 0. The molecule has 2 aromatic rings. The van der Waals surface area contributed by atoms with Crippen LogP contribution in [-0.2, 0) is 19.3 Å². The molecule has 0 aliphatic carbocycles. The van der Waals surface area contributed by atoms with Gasteiger partial charge in [0.1, 0.15) is 0 Å². The van der Waals surface area contributed by atoms with Gasteiger partial charge in [-0.3, -0.25) is 4.98 Å². The highest BCUT2D eigenvalue weighted by molar-refractivity contribution is 5.30. The van der Waals surface area contributed by atoms with E-state index in [0.717, 1.165) is 25.0 Å². The summed E-state index contributed by atoms with van der Waals surface area (Å²) in [5.41, 5.74) is 6.58. The summed E-state index contributed by atoms with van der Waals surface area (Å²) in [6.07, 6.45) is 5.05. The fourth-order valence-corrected chi connectivity index (χ4v) is 2.53. The van der Waals surface area contributed by atoms with Crippen LogP contribution in [0.5, 0.6) is 0 Å². The van der Waals surface area contributed by atoms with E-state index in [9.17, 15) is 0 Å². The fraction of sp³-hybridized carbons (Fsp3) is 0.421. The molecule has 0 fully saturated rings. The Bertz CT molecular complexity index is 573. The first-order chi connectivity index (χ1) is 10.1. The van der Waals surface area contributed by atoms with Crippen molar-refractivity contribution in [1.29, 1.82) is 0 Å². The summed E-state index contributed by atoms with van der Waals surface area (Å²) < 4.78 is 0. The maximum absolute atomic E-state index is 4.57. The lowest BCUT2D eigenvalue weighted by molar-refractivity contribution is 0.550. The minimum Gasteiger partial charge on any atom is -0.316 e. The molecule has 1 atom stereocenters. The molecule has 0 aliphatic heterocycles. The first-order valence-corrected chi connectivity index (χ1v) is 7.79. The Kier molecular flexibility index (Phi) is 5.51. The smallest absolute Gasteiger partial charge is 0.0419 e. The van der Waals surface area contributed by atoms with Crippen molar-refractivity contribution in [3.8, 4) is 0 Å². The lowest BCUT2D eigenvalue weighted by atomic mass is 9.98. The van der Waals surface area contributed by atoms with E-state index in [1.807, 2.05) is 13.2 Å². The zero-order valence-electron chi connectivity index (χ0n) is 13.6. The topological polar surface area (TPSA) is 24.9 Å². The molecule has 0 radical (unpaired) electrons. The number of nitrogens with one attached hydrogen (secondary N) is 1. The number of rotatable bonds is 6. The predicted molar refractivity (Wildman–Crippen MR) is 89.8 cm³/mol. The van der Waals surface area contributed by atoms with Gasteiger partial charge in [0.25, 0.3) is 0 Å². The van der Waals surface area contributed by atoms with Crippen LogP contribution in [0.3, 0.4) is 0 Å². The maximum Gasteiger partial charge on any atom is 0.0419 e. The van der Waals surface area contributed by atoms with Gasteiger partial charge < -0.3 is 5.32 Å². The van der Waals surface area contributed by atoms with Gasteiger partial charge >= 0.3 is 0 Å². The highest BCUT2D eigenvalue weighted by Gasteiger charge is 2.10. The Labute approximate surface area is 128 Å². The molecule has 0 bridgehead atoms. The molecule has 2 nitrogen and oxygen atoms in total. The van der Waals surface area contributed by atoms with Gasteiger partial charge in [-0.15, -0.1) is 0 Å². The molecule has 1 unspecified atom stereocenters. The second kappa shape index (κ2) is 7.37. The molecule has 1 heterocycles. The number of aryl methyl sites for hydroxylation is 3. The summed E-state index contributed by atoms with van der Waals surface area (Å²) >= 11 is 0. The zero-order chi connectivity index (χ0) is 15.2. The van der Waals surface area contributed by atoms with Crippen LogP contribution in [-0.4, -0.2) is 18.1 Å². The van der Waals surface area contributed by atoms with Crippen molar-refractivity contribution in [2.24, 2.45) is 0 Å². The Morgan fingerprint density at radius 2 is 1.76 bits per heavy atom. The summed E-state index contributed by atoms with van der Waals surface area (Å²) in [6, 6.07) is 11.5. The van der Waals surface area contributed by atoms with Crippen LogP contribution in [0, 0.1) is 13.8 Å². The van der Waals surface area contributed by atoms with Crippen molar-refractivity contribution in [3.05, 3.63) is 64.5 Å². The van der Waals surface area contributed by atoms with Gasteiger partial charge in [0, 0.05) is 24.4 Å².